The van der Waals surface area contributed by atoms with Crippen molar-refractivity contribution in [3.63, 3.8) is 0 Å². The van der Waals surface area contributed by atoms with Crippen molar-refractivity contribution in [3.05, 3.63) is 53.6 Å². The van der Waals surface area contributed by atoms with Gasteiger partial charge in [0.1, 0.15) is 5.75 Å². The molecule has 5 heteroatoms. The van der Waals surface area contributed by atoms with Crippen molar-refractivity contribution in [1.29, 1.82) is 0 Å². The average molecular weight is 298 g/mol. The van der Waals surface area contributed by atoms with Gasteiger partial charge in [0.05, 0.1) is 0 Å². The summed E-state index contributed by atoms with van der Waals surface area (Å²) in [5.41, 5.74) is 3.42. The van der Waals surface area contributed by atoms with E-state index in [9.17, 15) is 9.59 Å². The van der Waals surface area contributed by atoms with Gasteiger partial charge in [0, 0.05) is 24.4 Å². The molecule has 0 unspecified atom stereocenters. The van der Waals surface area contributed by atoms with E-state index in [1.165, 1.54) is 6.92 Å². The van der Waals surface area contributed by atoms with Crippen LogP contribution in [0.4, 0.5) is 16.2 Å². The summed E-state index contributed by atoms with van der Waals surface area (Å²) in [4.78, 5) is 23.0. The van der Waals surface area contributed by atoms with E-state index in [1.54, 1.807) is 24.3 Å². The number of hydrogen-bond acceptors (Lipinski definition) is 3. The van der Waals surface area contributed by atoms with Gasteiger partial charge in [0.25, 0.3) is 0 Å². The molecule has 2 amide bonds. The van der Waals surface area contributed by atoms with Crippen LogP contribution >= 0.6 is 0 Å². The molecular formula is C17H18N2O3. The van der Waals surface area contributed by atoms with Crippen molar-refractivity contribution in [3.8, 4) is 5.75 Å². The molecule has 0 spiro atoms. The maximum absolute atomic E-state index is 12.0. The Morgan fingerprint density at radius 3 is 2.45 bits per heavy atom. The number of carbonyl (C=O) groups excluding carboxylic acids is 2. The highest BCUT2D eigenvalue weighted by molar-refractivity contribution is 6.00. The molecule has 0 fully saturated rings. The van der Waals surface area contributed by atoms with Gasteiger partial charge in [-0.2, -0.15) is 0 Å². The molecule has 0 radical (unpaired) electrons. The van der Waals surface area contributed by atoms with E-state index >= 15 is 0 Å². The molecule has 0 aliphatic rings. The summed E-state index contributed by atoms with van der Waals surface area (Å²) in [5, 5.41) is 5.49. The summed E-state index contributed by atoms with van der Waals surface area (Å²) in [6.07, 6.45) is 0. The van der Waals surface area contributed by atoms with Crippen LogP contribution in [0.1, 0.15) is 18.1 Å². The molecule has 2 aromatic carbocycles. The van der Waals surface area contributed by atoms with Crippen molar-refractivity contribution in [1.82, 2.24) is 0 Å². The highest BCUT2D eigenvalue weighted by atomic mass is 16.5. The van der Waals surface area contributed by atoms with Crippen LogP contribution in [0, 0.1) is 13.8 Å². The summed E-state index contributed by atoms with van der Waals surface area (Å²) in [6, 6.07) is 12.1. The average Bonchev–Trinajstić information content (AvgIpc) is 2.41. The van der Waals surface area contributed by atoms with Crippen molar-refractivity contribution in [2.24, 2.45) is 0 Å². The molecule has 0 aromatic heterocycles. The first-order chi connectivity index (χ1) is 10.4. The Hall–Kier alpha value is -2.82. The fraction of sp³-hybridized carbons (Fsp3) is 0.176. The number of aryl methyl sites for hydroxylation is 2. The molecule has 0 saturated carbocycles. The molecule has 2 rings (SSSR count). The zero-order valence-electron chi connectivity index (χ0n) is 12.8. The number of urea groups is 1. The Kier molecular flexibility index (Phi) is 4.78. The lowest BCUT2D eigenvalue weighted by Gasteiger charge is -2.11. The molecule has 0 heterocycles. The Bertz CT molecular complexity index is 711. The molecule has 0 bridgehead atoms. The number of esters is 1. The second-order valence-corrected chi connectivity index (χ2v) is 5.02. The van der Waals surface area contributed by atoms with Gasteiger partial charge in [-0.05, 0) is 37.6 Å². The van der Waals surface area contributed by atoms with Crippen LogP contribution in [-0.4, -0.2) is 12.0 Å². The van der Waals surface area contributed by atoms with E-state index in [2.05, 4.69) is 10.6 Å². The molecule has 0 aliphatic heterocycles. The van der Waals surface area contributed by atoms with E-state index in [-0.39, 0.29) is 6.03 Å². The van der Waals surface area contributed by atoms with Crippen molar-refractivity contribution in [2.75, 3.05) is 10.6 Å². The molecular weight excluding hydrogens is 280 g/mol. The van der Waals surface area contributed by atoms with Gasteiger partial charge in [0.2, 0.25) is 0 Å². The number of ether oxygens (including phenoxy) is 1. The lowest BCUT2D eigenvalue weighted by molar-refractivity contribution is -0.131. The third-order valence-corrected chi connectivity index (χ3v) is 2.98. The topological polar surface area (TPSA) is 67.4 Å². The van der Waals surface area contributed by atoms with E-state index in [4.69, 9.17) is 4.74 Å². The minimum absolute atomic E-state index is 0.355. The second-order valence-electron chi connectivity index (χ2n) is 5.02. The molecule has 22 heavy (non-hydrogen) atoms. The van der Waals surface area contributed by atoms with Crippen molar-refractivity contribution < 1.29 is 14.3 Å². The standard InChI is InChI=1S/C17H18N2O3/c1-11-7-8-16(12(2)9-11)19-17(21)18-14-5-4-6-15(10-14)22-13(3)20/h4-10H,1-3H3,(H2,18,19,21). The number of carbonyl (C=O) groups is 2. The summed E-state index contributed by atoms with van der Waals surface area (Å²) in [7, 11) is 0. The Labute approximate surface area is 129 Å². The minimum atomic E-state index is -0.406. The normalized spacial score (nSPS) is 9.95. The summed E-state index contributed by atoms with van der Waals surface area (Å²) < 4.78 is 4.98. The van der Waals surface area contributed by atoms with Gasteiger partial charge in [-0.1, -0.05) is 23.8 Å². The molecule has 114 valence electrons. The smallest absolute Gasteiger partial charge is 0.323 e. The molecule has 2 N–H and O–H groups in total. The Balaban J connectivity index is 2.04. The van der Waals surface area contributed by atoms with E-state index in [0.717, 1.165) is 16.8 Å². The van der Waals surface area contributed by atoms with Crippen LogP contribution in [0.15, 0.2) is 42.5 Å². The predicted octanol–water partition coefficient (Wildman–Crippen LogP) is 3.87. The molecule has 2 aromatic rings. The fourth-order valence-corrected chi connectivity index (χ4v) is 2.04. The van der Waals surface area contributed by atoms with E-state index in [0.29, 0.717) is 11.4 Å². The zero-order valence-corrected chi connectivity index (χ0v) is 12.8. The molecule has 0 saturated heterocycles. The van der Waals surface area contributed by atoms with E-state index in [1.807, 2.05) is 32.0 Å². The van der Waals surface area contributed by atoms with Crippen molar-refractivity contribution >= 4 is 23.4 Å². The number of anilines is 2. The summed E-state index contributed by atoms with van der Waals surface area (Å²) in [5.74, 6) is -0.0197. The first-order valence-corrected chi connectivity index (χ1v) is 6.88. The predicted molar refractivity (Wildman–Crippen MR) is 86.3 cm³/mol. The zero-order chi connectivity index (χ0) is 16.1. The SMILES string of the molecule is CC(=O)Oc1cccc(NC(=O)Nc2ccc(C)cc2C)c1. The van der Waals surface area contributed by atoms with Crippen LogP contribution in [0.3, 0.4) is 0 Å². The number of benzene rings is 2. The second kappa shape index (κ2) is 6.76. The first kappa shape index (κ1) is 15.6. The first-order valence-electron chi connectivity index (χ1n) is 6.88. The van der Waals surface area contributed by atoms with Gasteiger partial charge < -0.3 is 15.4 Å². The maximum atomic E-state index is 12.0. The number of nitrogens with one attached hydrogen (secondary N) is 2. The van der Waals surface area contributed by atoms with Crippen LogP contribution < -0.4 is 15.4 Å². The van der Waals surface area contributed by atoms with Gasteiger partial charge in [-0.15, -0.1) is 0 Å². The molecule has 5 nitrogen and oxygen atoms in total. The highest BCUT2D eigenvalue weighted by Gasteiger charge is 2.06. The number of hydrogen-bond donors (Lipinski definition) is 2. The third kappa shape index (κ3) is 4.34. The van der Waals surface area contributed by atoms with Gasteiger partial charge in [-0.25, -0.2) is 4.79 Å². The van der Waals surface area contributed by atoms with Crippen LogP contribution in [-0.2, 0) is 4.79 Å². The van der Waals surface area contributed by atoms with E-state index < -0.39 is 5.97 Å². The van der Waals surface area contributed by atoms with Crippen LogP contribution in [0.5, 0.6) is 5.75 Å². The lowest BCUT2D eigenvalue weighted by atomic mass is 10.1. The fourth-order valence-electron chi connectivity index (χ4n) is 2.04. The Morgan fingerprint density at radius 1 is 1.00 bits per heavy atom. The summed E-state index contributed by atoms with van der Waals surface area (Å²) >= 11 is 0. The highest BCUT2D eigenvalue weighted by Crippen LogP contribution is 2.19. The monoisotopic (exact) mass is 298 g/mol. The van der Waals surface area contributed by atoms with Crippen molar-refractivity contribution in [2.45, 2.75) is 20.8 Å². The van der Waals surface area contributed by atoms with Gasteiger partial charge in [0.15, 0.2) is 0 Å². The number of amides is 2. The summed E-state index contributed by atoms with van der Waals surface area (Å²) in [6.45, 7) is 5.26. The quantitative estimate of drug-likeness (QED) is 0.667. The largest absolute Gasteiger partial charge is 0.427 e. The number of rotatable bonds is 3. The van der Waals surface area contributed by atoms with Crippen LogP contribution in [0.2, 0.25) is 0 Å². The van der Waals surface area contributed by atoms with Gasteiger partial charge >= 0.3 is 12.0 Å². The van der Waals surface area contributed by atoms with Crippen LogP contribution in [0.25, 0.3) is 0 Å². The molecule has 0 atom stereocenters. The Morgan fingerprint density at radius 2 is 1.77 bits per heavy atom. The molecule has 0 aliphatic carbocycles. The minimum Gasteiger partial charge on any atom is -0.427 e. The maximum Gasteiger partial charge on any atom is 0.323 e. The lowest BCUT2D eigenvalue weighted by Crippen LogP contribution is -2.20. The van der Waals surface area contributed by atoms with Gasteiger partial charge in [-0.3, -0.25) is 4.79 Å². The third-order valence-electron chi connectivity index (χ3n) is 2.98.